The van der Waals surface area contributed by atoms with E-state index in [1.165, 1.54) is 0 Å². The fraction of sp³-hybridized carbons (Fsp3) is 0.923. The average molecular weight is 386 g/mol. The maximum atomic E-state index is 11.8. The standard InChI is InChI=1S/C13H22O13/c14-1-3-5(16)7(18)9(20)11(23-3)25-13(22)26-12-10(21)8(19)6(17)4(2-15)24-12/h3-12,14-21H,1-2H2/t3-,4-,5-,6-,7+,8+,9+,10+,11-,12-/m1/s1. The molecule has 2 rings (SSSR count). The maximum absolute atomic E-state index is 11.8. The first-order chi connectivity index (χ1) is 12.2. The molecule has 0 unspecified atom stereocenters. The van der Waals surface area contributed by atoms with Gasteiger partial charge in [0.15, 0.2) is 0 Å². The third kappa shape index (κ3) is 4.23. The molecular formula is C13H22O13. The van der Waals surface area contributed by atoms with Crippen molar-refractivity contribution in [3.8, 4) is 0 Å². The molecular weight excluding hydrogens is 364 g/mol. The first kappa shape index (κ1) is 21.2. The SMILES string of the molecule is O=C(O[C@H]1O[C@H](CO)[C@@H](O)[C@H](O)[C@@H]1O)O[C@H]1O[C@H](CO)[C@@H](O)[C@H](O)[C@@H]1O. The lowest BCUT2D eigenvalue weighted by molar-refractivity contribution is -0.309. The van der Waals surface area contributed by atoms with E-state index in [4.69, 9.17) is 19.7 Å². The van der Waals surface area contributed by atoms with Gasteiger partial charge in [0.05, 0.1) is 13.2 Å². The van der Waals surface area contributed by atoms with Crippen LogP contribution < -0.4 is 0 Å². The number of rotatable bonds is 4. The Hall–Kier alpha value is -1.13. The number of hydrogen-bond donors (Lipinski definition) is 8. The van der Waals surface area contributed by atoms with Gasteiger partial charge in [-0.1, -0.05) is 0 Å². The summed E-state index contributed by atoms with van der Waals surface area (Å²) in [6.45, 7) is -1.49. The fourth-order valence-corrected chi connectivity index (χ4v) is 2.55. The zero-order valence-electron chi connectivity index (χ0n) is 13.3. The van der Waals surface area contributed by atoms with E-state index in [-0.39, 0.29) is 0 Å². The van der Waals surface area contributed by atoms with E-state index < -0.39 is 80.8 Å². The van der Waals surface area contributed by atoms with E-state index >= 15 is 0 Å². The highest BCUT2D eigenvalue weighted by molar-refractivity contribution is 5.60. The van der Waals surface area contributed by atoms with Gasteiger partial charge in [-0.3, -0.25) is 0 Å². The molecule has 0 aromatic heterocycles. The molecule has 2 fully saturated rings. The molecule has 2 heterocycles. The number of carbonyl (C=O) groups is 1. The Balaban J connectivity index is 1.97. The number of aliphatic hydroxyl groups is 8. The van der Waals surface area contributed by atoms with Crippen LogP contribution >= 0.6 is 0 Å². The molecule has 0 bridgehead atoms. The molecule has 2 aliphatic heterocycles. The minimum absolute atomic E-state index is 0.743. The molecule has 2 saturated heterocycles. The van der Waals surface area contributed by atoms with Crippen molar-refractivity contribution in [1.29, 1.82) is 0 Å². The van der Waals surface area contributed by atoms with Gasteiger partial charge in [-0.15, -0.1) is 0 Å². The van der Waals surface area contributed by atoms with Crippen LogP contribution in [0, 0.1) is 0 Å². The van der Waals surface area contributed by atoms with Crippen LogP contribution in [-0.4, -0.2) is 122 Å². The first-order valence-electron chi connectivity index (χ1n) is 7.69. The normalized spacial score (nSPS) is 46.6. The second-order valence-electron chi connectivity index (χ2n) is 5.88. The minimum Gasteiger partial charge on any atom is -0.401 e. The van der Waals surface area contributed by atoms with E-state index in [0.717, 1.165) is 0 Å². The van der Waals surface area contributed by atoms with Crippen LogP contribution in [0.15, 0.2) is 0 Å². The zero-order chi connectivity index (χ0) is 19.6. The van der Waals surface area contributed by atoms with Crippen LogP contribution in [0.2, 0.25) is 0 Å². The van der Waals surface area contributed by atoms with E-state index in [1.54, 1.807) is 0 Å². The third-order valence-corrected chi connectivity index (χ3v) is 4.12. The van der Waals surface area contributed by atoms with Crippen LogP contribution in [0.3, 0.4) is 0 Å². The molecule has 0 aromatic carbocycles. The van der Waals surface area contributed by atoms with Crippen molar-refractivity contribution < 1.29 is 64.6 Å². The Morgan fingerprint density at radius 2 is 1.00 bits per heavy atom. The quantitative estimate of drug-likeness (QED) is 0.212. The summed E-state index contributed by atoms with van der Waals surface area (Å²) in [6, 6.07) is 0. The zero-order valence-corrected chi connectivity index (χ0v) is 13.3. The van der Waals surface area contributed by atoms with Crippen LogP contribution in [0.25, 0.3) is 0 Å². The Labute approximate surface area is 146 Å². The van der Waals surface area contributed by atoms with Gasteiger partial charge in [0.25, 0.3) is 0 Å². The largest absolute Gasteiger partial charge is 0.513 e. The predicted molar refractivity (Wildman–Crippen MR) is 75.1 cm³/mol. The second kappa shape index (κ2) is 8.71. The molecule has 26 heavy (non-hydrogen) atoms. The molecule has 0 radical (unpaired) electrons. The molecule has 0 amide bonds. The van der Waals surface area contributed by atoms with Gasteiger partial charge in [-0.2, -0.15) is 0 Å². The molecule has 13 heteroatoms. The molecule has 0 saturated carbocycles. The van der Waals surface area contributed by atoms with Gasteiger partial charge in [0.1, 0.15) is 48.8 Å². The van der Waals surface area contributed by atoms with Crippen molar-refractivity contribution in [2.75, 3.05) is 13.2 Å². The number of hydrogen-bond acceptors (Lipinski definition) is 13. The van der Waals surface area contributed by atoms with Gasteiger partial charge in [-0.25, -0.2) is 4.79 Å². The molecule has 10 atom stereocenters. The van der Waals surface area contributed by atoms with Gasteiger partial charge in [-0.05, 0) is 0 Å². The predicted octanol–water partition coefficient (Wildman–Crippen LogP) is -5.26. The lowest BCUT2D eigenvalue weighted by Gasteiger charge is -2.40. The summed E-state index contributed by atoms with van der Waals surface area (Å²) in [5.74, 6) is 0. The number of carbonyl (C=O) groups excluding carboxylic acids is 1. The van der Waals surface area contributed by atoms with Gasteiger partial charge in [0.2, 0.25) is 12.6 Å². The van der Waals surface area contributed by atoms with E-state index in [0.29, 0.717) is 0 Å². The highest BCUT2D eigenvalue weighted by Gasteiger charge is 2.48. The summed E-state index contributed by atoms with van der Waals surface area (Å²) in [6.07, 6.45) is -18.4. The van der Waals surface area contributed by atoms with Crippen molar-refractivity contribution in [1.82, 2.24) is 0 Å². The molecule has 0 aliphatic carbocycles. The summed E-state index contributed by atoms with van der Waals surface area (Å²) < 4.78 is 19.1. The van der Waals surface area contributed by atoms with E-state index in [1.807, 2.05) is 0 Å². The number of ether oxygens (including phenoxy) is 4. The van der Waals surface area contributed by atoms with Crippen LogP contribution in [0.1, 0.15) is 0 Å². The highest BCUT2D eigenvalue weighted by Crippen LogP contribution is 2.25. The molecule has 0 spiro atoms. The van der Waals surface area contributed by atoms with Crippen LogP contribution in [-0.2, 0) is 18.9 Å². The van der Waals surface area contributed by atoms with Gasteiger partial charge in [0, 0.05) is 0 Å². The summed E-state index contributed by atoms with van der Waals surface area (Å²) in [4.78, 5) is 11.8. The van der Waals surface area contributed by atoms with Crippen molar-refractivity contribution in [2.24, 2.45) is 0 Å². The minimum atomic E-state index is -1.87. The van der Waals surface area contributed by atoms with Crippen molar-refractivity contribution >= 4 is 6.16 Å². The molecule has 152 valence electrons. The summed E-state index contributed by atoms with van der Waals surface area (Å²) >= 11 is 0. The lowest BCUT2D eigenvalue weighted by Crippen LogP contribution is -2.61. The Morgan fingerprint density at radius 1 is 0.654 bits per heavy atom. The Bertz CT molecular complexity index is 431. The van der Waals surface area contributed by atoms with Gasteiger partial charge < -0.3 is 59.8 Å². The second-order valence-corrected chi connectivity index (χ2v) is 5.88. The molecule has 13 nitrogen and oxygen atoms in total. The topological polar surface area (TPSA) is 216 Å². The smallest absolute Gasteiger partial charge is 0.401 e. The van der Waals surface area contributed by atoms with E-state index in [2.05, 4.69) is 9.47 Å². The maximum Gasteiger partial charge on any atom is 0.513 e. The van der Waals surface area contributed by atoms with E-state index in [9.17, 15) is 35.4 Å². The summed E-state index contributed by atoms with van der Waals surface area (Å²) in [5, 5.41) is 76.0. The Morgan fingerprint density at radius 3 is 1.31 bits per heavy atom. The van der Waals surface area contributed by atoms with Crippen molar-refractivity contribution in [2.45, 2.75) is 61.4 Å². The summed E-state index contributed by atoms with van der Waals surface area (Å²) in [7, 11) is 0. The molecule has 0 aromatic rings. The molecule has 8 N–H and O–H groups in total. The Kier molecular flexibility index (Phi) is 7.09. The monoisotopic (exact) mass is 386 g/mol. The van der Waals surface area contributed by atoms with Gasteiger partial charge >= 0.3 is 6.16 Å². The highest BCUT2D eigenvalue weighted by atomic mass is 16.8. The fourth-order valence-electron chi connectivity index (χ4n) is 2.55. The first-order valence-corrected chi connectivity index (χ1v) is 7.69. The van der Waals surface area contributed by atoms with Crippen molar-refractivity contribution in [3.63, 3.8) is 0 Å². The third-order valence-electron chi connectivity index (χ3n) is 4.12. The number of aliphatic hydroxyl groups excluding tert-OH is 8. The molecule has 2 aliphatic rings. The van der Waals surface area contributed by atoms with Crippen LogP contribution in [0.5, 0.6) is 0 Å². The van der Waals surface area contributed by atoms with Crippen LogP contribution in [0.4, 0.5) is 4.79 Å². The average Bonchev–Trinajstić information content (AvgIpc) is 2.62. The summed E-state index contributed by atoms with van der Waals surface area (Å²) in [5.41, 5.74) is 0. The lowest BCUT2D eigenvalue weighted by atomic mass is 9.99. The van der Waals surface area contributed by atoms with Crippen molar-refractivity contribution in [3.05, 3.63) is 0 Å².